The minimum atomic E-state index is -4.73. The van der Waals surface area contributed by atoms with Crippen molar-refractivity contribution in [1.29, 1.82) is 0 Å². The number of sulfonamides is 1. The molecule has 7 nitrogen and oxygen atoms in total. The Labute approximate surface area is 190 Å². The van der Waals surface area contributed by atoms with Crippen molar-refractivity contribution in [2.75, 3.05) is 32.7 Å². The summed E-state index contributed by atoms with van der Waals surface area (Å²) >= 11 is 0. The van der Waals surface area contributed by atoms with Gasteiger partial charge in [-0.1, -0.05) is 24.1 Å². The van der Waals surface area contributed by atoms with Crippen LogP contribution >= 0.6 is 0 Å². The predicted molar refractivity (Wildman–Crippen MR) is 115 cm³/mol. The van der Waals surface area contributed by atoms with Gasteiger partial charge in [-0.25, -0.2) is 8.42 Å². The zero-order valence-electron chi connectivity index (χ0n) is 17.5. The van der Waals surface area contributed by atoms with Crippen LogP contribution in [0.3, 0.4) is 0 Å². The van der Waals surface area contributed by atoms with Crippen molar-refractivity contribution in [1.82, 2.24) is 14.5 Å². The molecule has 0 spiro atoms. The molecule has 0 aliphatic carbocycles. The number of nitrogens with one attached hydrogen (secondary N) is 1. The summed E-state index contributed by atoms with van der Waals surface area (Å²) in [6, 6.07) is 11.4. The first-order valence-electron chi connectivity index (χ1n) is 9.97. The van der Waals surface area contributed by atoms with E-state index in [9.17, 15) is 26.4 Å². The van der Waals surface area contributed by atoms with Crippen molar-refractivity contribution in [3.8, 4) is 18.1 Å². The van der Waals surface area contributed by atoms with Crippen LogP contribution in [-0.4, -0.2) is 63.2 Å². The Morgan fingerprint density at radius 1 is 1.09 bits per heavy atom. The van der Waals surface area contributed by atoms with Crippen LogP contribution in [0, 0.1) is 12.3 Å². The van der Waals surface area contributed by atoms with Crippen LogP contribution in [0.1, 0.15) is 15.9 Å². The maximum absolute atomic E-state index is 12.9. The van der Waals surface area contributed by atoms with Crippen molar-refractivity contribution in [2.24, 2.45) is 0 Å². The van der Waals surface area contributed by atoms with Gasteiger partial charge < -0.3 is 9.64 Å². The molecule has 0 unspecified atom stereocenters. The molecule has 2 aromatic carbocycles. The van der Waals surface area contributed by atoms with Crippen molar-refractivity contribution in [3.63, 3.8) is 0 Å². The van der Waals surface area contributed by atoms with Gasteiger partial charge in [0.05, 0.1) is 11.4 Å². The molecule has 1 amide bonds. The lowest BCUT2D eigenvalue weighted by molar-refractivity contribution is -0.274. The van der Waals surface area contributed by atoms with E-state index in [1.807, 2.05) is 0 Å². The number of amides is 1. The number of piperazine rings is 1. The van der Waals surface area contributed by atoms with Gasteiger partial charge in [-0.15, -0.1) is 19.6 Å². The Morgan fingerprint density at radius 2 is 1.76 bits per heavy atom. The van der Waals surface area contributed by atoms with Crippen LogP contribution in [-0.2, 0) is 16.6 Å². The number of terminal acetylenes is 1. The first-order chi connectivity index (χ1) is 15.6. The summed E-state index contributed by atoms with van der Waals surface area (Å²) in [7, 11) is -3.81. The van der Waals surface area contributed by atoms with Crippen LogP contribution < -0.4 is 9.46 Å². The second-order valence-corrected chi connectivity index (χ2v) is 9.08. The molecule has 11 heteroatoms. The first-order valence-corrected chi connectivity index (χ1v) is 11.5. The summed E-state index contributed by atoms with van der Waals surface area (Å²) in [5, 5.41) is 0. The highest BCUT2D eigenvalue weighted by Gasteiger charge is 2.31. The molecule has 33 heavy (non-hydrogen) atoms. The topological polar surface area (TPSA) is 79.0 Å². The first kappa shape index (κ1) is 24.6. The summed E-state index contributed by atoms with van der Waals surface area (Å²) < 4.78 is 67.4. The van der Waals surface area contributed by atoms with E-state index in [0.29, 0.717) is 32.7 Å². The van der Waals surface area contributed by atoms with E-state index < -0.39 is 16.4 Å². The summed E-state index contributed by atoms with van der Waals surface area (Å²) in [6.45, 7) is 2.35. The summed E-state index contributed by atoms with van der Waals surface area (Å²) in [4.78, 5) is 16.5. The number of hydrogen-bond donors (Lipinski definition) is 1. The predicted octanol–water partition coefficient (Wildman–Crippen LogP) is 2.45. The van der Waals surface area contributed by atoms with Crippen LogP contribution in [0.5, 0.6) is 5.75 Å². The summed E-state index contributed by atoms with van der Waals surface area (Å²) in [5.41, 5.74) is 1.08. The molecule has 1 heterocycles. The number of rotatable bonds is 7. The summed E-state index contributed by atoms with van der Waals surface area (Å²) in [6.07, 6.45) is 0.360. The van der Waals surface area contributed by atoms with E-state index in [-0.39, 0.29) is 28.7 Å². The van der Waals surface area contributed by atoms with E-state index in [2.05, 4.69) is 20.3 Å². The molecule has 1 aliphatic rings. The van der Waals surface area contributed by atoms with E-state index in [1.54, 1.807) is 23.1 Å². The number of nitrogens with zero attached hydrogens (tertiary/aromatic N) is 2. The van der Waals surface area contributed by atoms with Gasteiger partial charge in [0.2, 0.25) is 10.0 Å². The largest absolute Gasteiger partial charge is 0.573 e. The highest BCUT2D eigenvalue weighted by Crippen LogP contribution is 2.23. The molecule has 0 radical (unpaired) electrons. The minimum Gasteiger partial charge on any atom is -0.406 e. The maximum Gasteiger partial charge on any atom is 0.573 e. The maximum atomic E-state index is 12.9. The molecule has 0 bridgehead atoms. The molecule has 1 N–H and O–H groups in total. The van der Waals surface area contributed by atoms with Crippen molar-refractivity contribution in [3.05, 3.63) is 59.7 Å². The Morgan fingerprint density at radius 3 is 2.36 bits per heavy atom. The second kappa shape index (κ2) is 10.2. The average molecular weight is 481 g/mol. The van der Waals surface area contributed by atoms with Gasteiger partial charge in [-0.05, 0) is 35.9 Å². The van der Waals surface area contributed by atoms with Crippen molar-refractivity contribution >= 4 is 15.9 Å². The fourth-order valence-corrected chi connectivity index (χ4v) is 4.34. The van der Waals surface area contributed by atoms with Crippen LogP contribution in [0.15, 0.2) is 53.4 Å². The van der Waals surface area contributed by atoms with Crippen LogP contribution in [0.2, 0.25) is 0 Å². The molecule has 1 saturated heterocycles. The number of carbonyl (C=O) groups excluding carboxylic acids is 1. The van der Waals surface area contributed by atoms with Gasteiger partial charge in [-0.3, -0.25) is 9.69 Å². The van der Waals surface area contributed by atoms with E-state index in [0.717, 1.165) is 5.56 Å². The number of alkyl halides is 3. The minimum absolute atomic E-state index is 0.0415. The molecule has 3 rings (SSSR count). The average Bonchev–Trinajstić information content (AvgIpc) is 2.78. The molecule has 176 valence electrons. The Kier molecular flexibility index (Phi) is 7.63. The standard InChI is InChI=1S/C22H22F3N3O4S/c1-2-10-26-33(30,31)20-5-3-4-18(15-20)21(29)28-13-11-27(12-14-28)16-17-6-8-19(9-7-17)32-22(23,24)25/h1,3-9,15,26H,10-14,16H2. The van der Waals surface area contributed by atoms with Gasteiger partial charge in [0, 0.05) is 38.3 Å². The number of halogens is 3. The van der Waals surface area contributed by atoms with Gasteiger partial charge in [-0.2, -0.15) is 4.72 Å². The van der Waals surface area contributed by atoms with Crippen molar-refractivity contribution < 1.29 is 31.1 Å². The van der Waals surface area contributed by atoms with Gasteiger partial charge in [0.15, 0.2) is 0 Å². The second-order valence-electron chi connectivity index (χ2n) is 7.32. The smallest absolute Gasteiger partial charge is 0.406 e. The molecule has 0 atom stereocenters. The SMILES string of the molecule is C#CCNS(=O)(=O)c1cccc(C(=O)N2CCN(Cc3ccc(OC(F)(F)F)cc3)CC2)c1. The zero-order chi connectivity index (χ0) is 24.1. The third-order valence-electron chi connectivity index (χ3n) is 4.98. The molecular formula is C22H22F3N3O4S. The van der Waals surface area contributed by atoms with Gasteiger partial charge >= 0.3 is 6.36 Å². The van der Waals surface area contributed by atoms with Gasteiger partial charge in [0.1, 0.15) is 5.75 Å². The van der Waals surface area contributed by atoms with E-state index in [4.69, 9.17) is 6.42 Å². The quantitative estimate of drug-likeness (QED) is 0.615. The van der Waals surface area contributed by atoms with E-state index >= 15 is 0 Å². The monoisotopic (exact) mass is 481 g/mol. The normalized spacial score (nSPS) is 15.2. The van der Waals surface area contributed by atoms with Gasteiger partial charge in [0.25, 0.3) is 5.91 Å². The third kappa shape index (κ3) is 6.95. The Hall–Kier alpha value is -3.07. The molecule has 0 saturated carbocycles. The highest BCUT2D eigenvalue weighted by atomic mass is 32.2. The van der Waals surface area contributed by atoms with E-state index in [1.165, 1.54) is 30.3 Å². The fourth-order valence-electron chi connectivity index (χ4n) is 3.36. The number of ether oxygens (including phenoxy) is 1. The lowest BCUT2D eigenvalue weighted by atomic mass is 10.1. The number of carbonyl (C=O) groups is 1. The van der Waals surface area contributed by atoms with Crippen LogP contribution in [0.4, 0.5) is 13.2 Å². The molecule has 1 fully saturated rings. The molecule has 1 aliphatic heterocycles. The third-order valence-corrected chi connectivity index (χ3v) is 6.38. The fraction of sp³-hybridized carbons (Fsp3) is 0.318. The highest BCUT2D eigenvalue weighted by molar-refractivity contribution is 7.89. The summed E-state index contributed by atoms with van der Waals surface area (Å²) in [5.74, 6) is 1.64. The molecule has 0 aromatic heterocycles. The zero-order valence-corrected chi connectivity index (χ0v) is 18.3. The van der Waals surface area contributed by atoms with Crippen molar-refractivity contribution in [2.45, 2.75) is 17.8 Å². The van der Waals surface area contributed by atoms with Crippen LogP contribution in [0.25, 0.3) is 0 Å². The lowest BCUT2D eigenvalue weighted by Gasteiger charge is -2.34. The Balaban J connectivity index is 1.56. The number of benzene rings is 2. The number of hydrogen-bond acceptors (Lipinski definition) is 5. The Bertz CT molecular complexity index is 1120. The molecular weight excluding hydrogens is 459 g/mol. The molecule has 2 aromatic rings. The lowest BCUT2D eigenvalue weighted by Crippen LogP contribution is -2.48.